The molecule has 4 saturated carbocycles. The maximum absolute atomic E-state index is 10.9. The number of rotatable bonds is 1. The lowest BCUT2D eigenvalue weighted by molar-refractivity contribution is -0.168. The Bertz CT molecular complexity index is 777. The van der Waals surface area contributed by atoms with Crippen LogP contribution in [0.1, 0.15) is 113 Å². The van der Waals surface area contributed by atoms with Gasteiger partial charge in [-0.2, -0.15) is 0 Å². The van der Waals surface area contributed by atoms with Gasteiger partial charge in [-0.05, 0) is 114 Å². The second-order valence-electron chi connectivity index (χ2n) is 14.8. The molecule has 0 unspecified atom stereocenters. The average Bonchev–Trinajstić information content (AvgIpc) is 3.06. The van der Waals surface area contributed by atoms with Crippen LogP contribution in [0.3, 0.4) is 0 Å². The van der Waals surface area contributed by atoms with Crippen molar-refractivity contribution < 1.29 is 5.11 Å². The van der Waals surface area contributed by atoms with Crippen LogP contribution in [0.15, 0.2) is 11.6 Å². The Morgan fingerprint density at radius 1 is 0.839 bits per heavy atom. The quantitative estimate of drug-likeness (QED) is 0.421. The van der Waals surface area contributed by atoms with Gasteiger partial charge >= 0.3 is 0 Å². The highest BCUT2D eigenvalue weighted by molar-refractivity contribution is 5.33. The zero-order valence-corrected chi connectivity index (χ0v) is 21.9. The van der Waals surface area contributed by atoms with E-state index in [1.807, 2.05) is 5.57 Å². The Morgan fingerprint density at radius 2 is 1.55 bits per heavy atom. The van der Waals surface area contributed by atoms with Crippen molar-refractivity contribution in [3.63, 3.8) is 0 Å². The molecule has 0 bridgehead atoms. The Balaban J connectivity index is 1.59. The first-order valence-corrected chi connectivity index (χ1v) is 13.7. The first-order valence-electron chi connectivity index (χ1n) is 13.7. The van der Waals surface area contributed by atoms with Crippen LogP contribution in [0, 0.1) is 56.7 Å². The number of aliphatic hydroxyl groups excluding tert-OH is 1. The van der Waals surface area contributed by atoms with E-state index in [0.717, 1.165) is 30.1 Å². The van der Waals surface area contributed by atoms with Crippen LogP contribution in [-0.2, 0) is 0 Å². The van der Waals surface area contributed by atoms with Crippen molar-refractivity contribution in [2.45, 2.75) is 119 Å². The summed E-state index contributed by atoms with van der Waals surface area (Å²) in [6, 6.07) is 0. The lowest BCUT2D eigenvalue weighted by atomic mass is 9.35. The number of aliphatic hydroxyl groups is 1. The summed E-state index contributed by atoms with van der Waals surface area (Å²) in [5.74, 6) is 3.98. The summed E-state index contributed by atoms with van der Waals surface area (Å²) in [5, 5.41) is 10.9. The monoisotopic (exact) mass is 426 g/mol. The minimum atomic E-state index is -0.132. The van der Waals surface area contributed by atoms with Gasteiger partial charge in [0.2, 0.25) is 0 Å². The minimum absolute atomic E-state index is 0.0415. The van der Waals surface area contributed by atoms with Crippen LogP contribution in [0.2, 0.25) is 0 Å². The molecule has 176 valence electrons. The molecule has 5 aliphatic carbocycles. The maximum Gasteiger partial charge on any atom is 0.0594 e. The van der Waals surface area contributed by atoms with Gasteiger partial charge in [0.15, 0.2) is 0 Å². The second-order valence-corrected chi connectivity index (χ2v) is 14.8. The largest absolute Gasteiger partial charge is 0.393 e. The summed E-state index contributed by atoms with van der Waals surface area (Å²) in [4.78, 5) is 0. The van der Waals surface area contributed by atoms with Crippen LogP contribution < -0.4 is 0 Å². The molecule has 0 spiro atoms. The van der Waals surface area contributed by atoms with E-state index in [4.69, 9.17) is 0 Å². The van der Waals surface area contributed by atoms with Crippen molar-refractivity contribution in [2.24, 2.45) is 56.7 Å². The standard InChI is InChI=1S/C30H50O/c1-19(2)20-11-14-27(5)17-18-29(7)22-9-10-23-26(3,4)24(31)13-15-28(23,6)21(22)12-16-30(29,8)25(20)27/h12,19-20,22-25,31H,9-11,13-18H2,1-8H3/t20-,22+,23+,24+,25-,27-,28+,29-,30+/m0/s1. The van der Waals surface area contributed by atoms with Crippen molar-refractivity contribution in [2.75, 3.05) is 0 Å². The van der Waals surface area contributed by atoms with Gasteiger partial charge in [-0.15, -0.1) is 0 Å². The second kappa shape index (κ2) is 6.64. The van der Waals surface area contributed by atoms with E-state index in [0.29, 0.717) is 27.6 Å². The number of hydrogen-bond acceptors (Lipinski definition) is 1. The molecule has 9 atom stereocenters. The molecule has 0 aromatic carbocycles. The summed E-state index contributed by atoms with van der Waals surface area (Å²) in [7, 11) is 0. The first-order chi connectivity index (χ1) is 14.3. The molecule has 1 N–H and O–H groups in total. The molecule has 5 aliphatic rings. The van der Waals surface area contributed by atoms with Crippen molar-refractivity contribution in [3.05, 3.63) is 11.6 Å². The Morgan fingerprint density at radius 3 is 2.23 bits per heavy atom. The third-order valence-electron chi connectivity index (χ3n) is 13.0. The van der Waals surface area contributed by atoms with Crippen LogP contribution in [-0.4, -0.2) is 11.2 Å². The molecular weight excluding hydrogens is 376 g/mol. The Kier molecular flexibility index (Phi) is 4.82. The van der Waals surface area contributed by atoms with E-state index in [2.05, 4.69) is 61.5 Å². The molecule has 31 heavy (non-hydrogen) atoms. The van der Waals surface area contributed by atoms with Crippen molar-refractivity contribution in [1.29, 1.82) is 0 Å². The van der Waals surface area contributed by atoms with Gasteiger partial charge in [0.05, 0.1) is 6.10 Å². The van der Waals surface area contributed by atoms with Crippen LogP contribution in [0.4, 0.5) is 0 Å². The fourth-order valence-electron chi connectivity index (χ4n) is 11.0. The molecule has 0 saturated heterocycles. The lowest BCUT2D eigenvalue weighted by Gasteiger charge is -2.69. The molecular formula is C30H50O. The van der Waals surface area contributed by atoms with E-state index in [1.165, 1.54) is 51.4 Å². The predicted molar refractivity (Wildman–Crippen MR) is 131 cm³/mol. The molecule has 0 amide bonds. The molecule has 0 aromatic rings. The fraction of sp³-hybridized carbons (Fsp3) is 0.933. The van der Waals surface area contributed by atoms with Crippen LogP contribution in [0.5, 0.6) is 0 Å². The molecule has 0 radical (unpaired) electrons. The molecule has 5 rings (SSSR count). The van der Waals surface area contributed by atoms with Crippen molar-refractivity contribution >= 4 is 0 Å². The van der Waals surface area contributed by atoms with Crippen LogP contribution >= 0.6 is 0 Å². The third-order valence-corrected chi connectivity index (χ3v) is 13.0. The lowest BCUT2D eigenvalue weighted by Crippen LogP contribution is -2.62. The minimum Gasteiger partial charge on any atom is -0.393 e. The molecule has 4 fully saturated rings. The maximum atomic E-state index is 10.9. The van der Waals surface area contributed by atoms with E-state index in [9.17, 15) is 5.11 Å². The van der Waals surface area contributed by atoms with Gasteiger partial charge in [-0.25, -0.2) is 0 Å². The Labute approximate surface area is 192 Å². The smallest absolute Gasteiger partial charge is 0.0594 e. The third kappa shape index (κ3) is 2.65. The Hall–Kier alpha value is -0.300. The summed E-state index contributed by atoms with van der Waals surface area (Å²) in [6.07, 6.45) is 14.6. The molecule has 1 heteroatoms. The van der Waals surface area contributed by atoms with Crippen LogP contribution in [0.25, 0.3) is 0 Å². The highest BCUT2D eigenvalue weighted by Crippen LogP contribution is 2.76. The predicted octanol–water partition coefficient (Wildman–Crippen LogP) is 8.02. The molecule has 0 aromatic heterocycles. The van der Waals surface area contributed by atoms with Crippen molar-refractivity contribution in [3.8, 4) is 0 Å². The zero-order chi connectivity index (χ0) is 22.6. The van der Waals surface area contributed by atoms with Crippen molar-refractivity contribution in [1.82, 2.24) is 0 Å². The normalized spacial score (nSPS) is 55.7. The first kappa shape index (κ1) is 22.5. The average molecular weight is 427 g/mol. The highest BCUT2D eigenvalue weighted by atomic mass is 16.3. The van der Waals surface area contributed by atoms with Gasteiger partial charge in [-0.1, -0.05) is 67.0 Å². The van der Waals surface area contributed by atoms with Gasteiger partial charge in [-0.3, -0.25) is 0 Å². The van der Waals surface area contributed by atoms with Gasteiger partial charge in [0.1, 0.15) is 0 Å². The number of allylic oxidation sites excluding steroid dienone is 2. The highest BCUT2D eigenvalue weighted by Gasteiger charge is 2.68. The fourth-order valence-corrected chi connectivity index (χ4v) is 11.0. The summed E-state index contributed by atoms with van der Waals surface area (Å²) >= 11 is 0. The summed E-state index contributed by atoms with van der Waals surface area (Å²) in [6.45, 7) is 20.4. The SMILES string of the molecule is CC(C)[C@@H]1CC[C@@]2(C)CC[C@@]3(C)[C@@H]4CC[C@@H]5C(C)(C)[C@H](O)CC[C@]5(C)C4=CC[C@]3(C)[C@@H]12. The van der Waals surface area contributed by atoms with Gasteiger partial charge in [0.25, 0.3) is 0 Å². The summed E-state index contributed by atoms with van der Waals surface area (Å²) in [5.41, 5.74) is 3.60. The summed E-state index contributed by atoms with van der Waals surface area (Å²) < 4.78 is 0. The number of hydrogen-bond donors (Lipinski definition) is 1. The van der Waals surface area contributed by atoms with E-state index >= 15 is 0 Å². The van der Waals surface area contributed by atoms with Gasteiger partial charge in [0, 0.05) is 0 Å². The molecule has 0 heterocycles. The number of fused-ring (bicyclic) bond motifs is 7. The van der Waals surface area contributed by atoms with E-state index in [1.54, 1.807) is 0 Å². The van der Waals surface area contributed by atoms with E-state index < -0.39 is 0 Å². The van der Waals surface area contributed by atoms with Gasteiger partial charge < -0.3 is 5.11 Å². The van der Waals surface area contributed by atoms with E-state index in [-0.39, 0.29) is 11.5 Å². The molecule has 0 aliphatic heterocycles. The zero-order valence-electron chi connectivity index (χ0n) is 21.9. The molecule has 1 nitrogen and oxygen atoms in total. The topological polar surface area (TPSA) is 20.2 Å².